The molecule has 1 aromatic carbocycles. The lowest BCUT2D eigenvalue weighted by molar-refractivity contribution is 0.0127. The Kier molecular flexibility index (Phi) is 3.01. The van der Waals surface area contributed by atoms with E-state index in [2.05, 4.69) is 25.2 Å². The van der Waals surface area contributed by atoms with E-state index in [1.54, 1.807) is 0 Å². The molecule has 0 spiro atoms. The van der Waals surface area contributed by atoms with Crippen molar-refractivity contribution in [2.75, 3.05) is 13.2 Å². The van der Waals surface area contributed by atoms with Crippen molar-refractivity contribution in [2.24, 2.45) is 0 Å². The fraction of sp³-hybridized carbons (Fsp3) is 0.500. The molecule has 1 saturated heterocycles. The lowest BCUT2D eigenvalue weighted by Crippen LogP contribution is -2.51. The van der Waals surface area contributed by atoms with Crippen LogP contribution in [0.5, 0.6) is 0 Å². The summed E-state index contributed by atoms with van der Waals surface area (Å²) in [5.41, 5.74) is 1.22. The molecule has 1 unspecified atom stereocenters. The lowest BCUT2D eigenvalue weighted by Gasteiger charge is -2.37. The maximum absolute atomic E-state index is 5.97. The van der Waals surface area contributed by atoms with Crippen LogP contribution >= 0.6 is 11.6 Å². The first-order valence-electron chi connectivity index (χ1n) is 5.18. The summed E-state index contributed by atoms with van der Waals surface area (Å²) in [7, 11) is 0. The van der Waals surface area contributed by atoms with Crippen molar-refractivity contribution in [1.29, 1.82) is 0 Å². The number of benzene rings is 1. The van der Waals surface area contributed by atoms with Gasteiger partial charge in [-0.15, -0.1) is 0 Å². The van der Waals surface area contributed by atoms with Gasteiger partial charge in [-0.2, -0.15) is 0 Å². The van der Waals surface area contributed by atoms with Crippen molar-refractivity contribution in [2.45, 2.75) is 25.4 Å². The largest absolute Gasteiger partial charge is 0.378 e. The summed E-state index contributed by atoms with van der Waals surface area (Å²) in [4.78, 5) is 0. The second kappa shape index (κ2) is 4.12. The Bertz CT molecular complexity index is 351. The van der Waals surface area contributed by atoms with E-state index in [4.69, 9.17) is 16.3 Å². The van der Waals surface area contributed by atoms with Gasteiger partial charge in [-0.05, 0) is 31.5 Å². The monoisotopic (exact) mass is 225 g/mol. The maximum Gasteiger partial charge on any atom is 0.0662 e. The molecule has 1 atom stereocenters. The number of halogens is 1. The minimum Gasteiger partial charge on any atom is -0.378 e. The summed E-state index contributed by atoms with van der Waals surface area (Å²) < 4.78 is 5.59. The minimum atomic E-state index is 0.0330. The molecule has 1 aliphatic heterocycles. The van der Waals surface area contributed by atoms with Gasteiger partial charge in [-0.25, -0.2) is 0 Å². The number of morpholine rings is 1. The van der Waals surface area contributed by atoms with Crippen LogP contribution in [0.3, 0.4) is 0 Å². The number of hydrogen-bond acceptors (Lipinski definition) is 2. The molecule has 2 rings (SSSR count). The fourth-order valence-electron chi connectivity index (χ4n) is 1.89. The average molecular weight is 226 g/mol. The Labute approximate surface area is 95.6 Å². The van der Waals surface area contributed by atoms with Crippen molar-refractivity contribution in [3.63, 3.8) is 0 Å². The average Bonchev–Trinajstić information content (AvgIpc) is 2.16. The Balaban J connectivity index is 2.17. The van der Waals surface area contributed by atoms with Crippen LogP contribution in [-0.4, -0.2) is 18.8 Å². The van der Waals surface area contributed by atoms with E-state index in [9.17, 15) is 0 Å². The summed E-state index contributed by atoms with van der Waals surface area (Å²) in [5, 5.41) is 4.33. The first-order chi connectivity index (χ1) is 7.07. The Hall–Kier alpha value is -0.570. The zero-order valence-electron chi connectivity index (χ0n) is 9.09. The molecule has 0 aliphatic carbocycles. The van der Waals surface area contributed by atoms with E-state index in [1.807, 2.05) is 18.2 Å². The number of ether oxygens (including phenoxy) is 1. The fourth-order valence-corrected chi connectivity index (χ4v) is 2.09. The summed E-state index contributed by atoms with van der Waals surface area (Å²) in [5.74, 6) is 0. The Morgan fingerprint density at radius 3 is 2.93 bits per heavy atom. The lowest BCUT2D eigenvalue weighted by atomic mass is 9.99. The molecule has 0 saturated carbocycles. The van der Waals surface area contributed by atoms with Crippen LogP contribution in [0.25, 0.3) is 0 Å². The van der Waals surface area contributed by atoms with Crippen LogP contribution in [0.2, 0.25) is 5.02 Å². The van der Waals surface area contributed by atoms with Crippen LogP contribution in [0.15, 0.2) is 24.3 Å². The number of hydrogen-bond donors (Lipinski definition) is 1. The summed E-state index contributed by atoms with van der Waals surface area (Å²) in [6, 6.07) is 8.17. The number of nitrogens with one attached hydrogen (secondary N) is 1. The van der Waals surface area contributed by atoms with E-state index < -0.39 is 0 Å². The van der Waals surface area contributed by atoms with Gasteiger partial charge < -0.3 is 10.1 Å². The molecular formula is C12H16ClNO. The molecule has 1 fully saturated rings. The van der Waals surface area contributed by atoms with Crippen LogP contribution in [0.1, 0.15) is 25.5 Å². The highest BCUT2D eigenvalue weighted by Crippen LogP contribution is 2.24. The Morgan fingerprint density at radius 2 is 2.27 bits per heavy atom. The molecule has 0 bridgehead atoms. The second-order valence-electron chi connectivity index (χ2n) is 4.65. The molecule has 1 N–H and O–H groups in total. The van der Waals surface area contributed by atoms with Gasteiger partial charge in [0, 0.05) is 10.6 Å². The van der Waals surface area contributed by atoms with Crippen molar-refractivity contribution in [1.82, 2.24) is 5.32 Å². The van der Waals surface area contributed by atoms with Gasteiger partial charge in [-0.3, -0.25) is 0 Å². The third kappa shape index (κ3) is 2.71. The topological polar surface area (TPSA) is 21.3 Å². The van der Waals surface area contributed by atoms with Crippen LogP contribution in [0, 0.1) is 0 Å². The van der Waals surface area contributed by atoms with Crippen molar-refractivity contribution in [3.8, 4) is 0 Å². The summed E-state index contributed by atoms with van der Waals surface area (Å²) in [6.45, 7) is 5.75. The summed E-state index contributed by atoms with van der Waals surface area (Å²) >= 11 is 5.97. The number of rotatable bonds is 1. The first kappa shape index (κ1) is 10.9. The van der Waals surface area contributed by atoms with E-state index in [0.29, 0.717) is 6.61 Å². The third-order valence-electron chi connectivity index (χ3n) is 2.56. The maximum atomic E-state index is 5.97. The first-order valence-corrected chi connectivity index (χ1v) is 5.55. The van der Waals surface area contributed by atoms with E-state index in [1.165, 1.54) is 5.56 Å². The standard InChI is InChI=1S/C12H16ClNO/c1-12(2)8-15-7-11(14-12)9-4-3-5-10(13)6-9/h3-6,11,14H,7-8H2,1-2H3. The molecule has 0 radical (unpaired) electrons. The quantitative estimate of drug-likeness (QED) is 0.794. The van der Waals surface area contributed by atoms with E-state index in [0.717, 1.165) is 11.6 Å². The molecule has 1 aromatic rings. The molecule has 82 valence electrons. The van der Waals surface area contributed by atoms with Gasteiger partial charge >= 0.3 is 0 Å². The van der Waals surface area contributed by atoms with Gasteiger partial charge in [0.1, 0.15) is 0 Å². The predicted molar refractivity (Wildman–Crippen MR) is 62.2 cm³/mol. The van der Waals surface area contributed by atoms with Crippen molar-refractivity contribution >= 4 is 11.6 Å². The molecule has 3 heteroatoms. The van der Waals surface area contributed by atoms with Crippen LogP contribution in [-0.2, 0) is 4.74 Å². The van der Waals surface area contributed by atoms with Crippen molar-refractivity contribution in [3.05, 3.63) is 34.9 Å². The molecule has 1 heterocycles. The van der Waals surface area contributed by atoms with Gasteiger partial charge in [0.25, 0.3) is 0 Å². The van der Waals surface area contributed by atoms with Crippen LogP contribution < -0.4 is 5.32 Å². The zero-order valence-corrected chi connectivity index (χ0v) is 9.84. The predicted octanol–water partition coefficient (Wildman–Crippen LogP) is 2.78. The normalized spacial score (nSPS) is 25.1. The molecule has 1 aliphatic rings. The molecule has 15 heavy (non-hydrogen) atoms. The smallest absolute Gasteiger partial charge is 0.0662 e. The third-order valence-corrected chi connectivity index (χ3v) is 2.80. The van der Waals surface area contributed by atoms with Gasteiger partial charge in [0.2, 0.25) is 0 Å². The highest BCUT2D eigenvalue weighted by Gasteiger charge is 2.28. The van der Waals surface area contributed by atoms with Crippen molar-refractivity contribution < 1.29 is 4.74 Å². The van der Waals surface area contributed by atoms with Crippen LogP contribution in [0.4, 0.5) is 0 Å². The van der Waals surface area contributed by atoms with Gasteiger partial charge in [0.15, 0.2) is 0 Å². The SMILES string of the molecule is CC1(C)COCC(c2cccc(Cl)c2)N1. The molecular weight excluding hydrogens is 210 g/mol. The summed E-state index contributed by atoms with van der Waals surface area (Å²) in [6.07, 6.45) is 0. The Morgan fingerprint density at radius 1 is 1.47 bits per heavy atom. The highest BCUT2D eigenvalue weighted by atomic mass is 35.5. The van der Waals surface area contributed by atoms with E-state index in [-0.39, 0.29) is 11.6 Å². The minimum absolute atomic E-state index is 0.0330. The second-order valence-corrected chi connectivity index (χ2v) is 5.09. The molecule has 0 amide bonds. The molecule has 2 nitrogen and oxygen atoms in total. The zero-order chi connectivity index (χ0) is 10.9. The highest BCUT2D eigenvalue weighted by molar-refractivity contribution is 6.30. The van der Waals surface area contributed by atoms with Gasteiger partial charge in [0.05, 0.1) is 19.3 Å². The van der Waals surface area contributed by atoms with E-state index >= 15 is 0 Å². The molecule has 0 aromatic heterocycles. The van der Waals surface area contributed by atoms with Gasteiger partial charge in [-0.1, -0.05) is 23.7 Å².